The summed E-state index contributed by atoms with van der Waals surface area (Å²) >= 11 is 12.0. The minimum absolute atomic E-state index is 0.00681. The number of nitrogens with zero attached hydrogens (tertiary/aromatic N) is 4. The molecule has 3 rings (SSSR count). The molecular formula is C19H13Cl2F9N6. The number of rotatable bonds is 5. The minimum atomic E-state index is -5.39. The Morgan fingerprint density at radius 3 is 2.03 bits per heavy atom. The van der Waals surface area contributed by atoms with Gasteiger partial charge in [-0.25, -0.2) is 4.99 Å². The van der Waals surface area contributed by atoms with Gasteiger partial charge in [0, 0.05) is 13.0 Å². The SMILES string of the molecule is N#CCCCCN1C2N=C(C(F)(F)F)NC(C(F)(F)F)=C2C(=N)N1c1c(Cl)cc(C(F)(F)F)cc1Cl. The highest BCUT2D eigenvalue weighted by Gasteiger charge is 2.54. The molecule has 0 bridgehead atoms. The Morgan fingerprint density at radius 2 is 1.56 bits per heavy atom. The zero-order chi connectivity index (χ0) is 27.2. The topological polar surface area (TPSA) is 78.5 Å². The van der Waals surface area contributed by atoms with Crippen LogP contribution in [0.4, 0.5) is 45.2 Å². The number of hydrogen-bond donors (Lipinski definition) is 2. The Kier molecular flexibility index (Phi) is 7.46. The monoisotopic (exact) mass is 566 g/mol. The zero-order valence-corrected chi connectivity index (χ0v) is 19.0. The van der Waals surface area contributed by atoms with E-state index in [1.165, 1.54) is 5.32 Å². The molecule has 2 N–H and O–H groups in total. The average Bonchev–Trinajstić information content (AvgIpc) is 3.00. The third kappa shape index (κ3) is 5.35. The highest BCUT2D eigenvalue weighted by atomic mass is 35.5. The average molecular weight is 567 g/mol. The van der Waals surface area contributed by atoms with E-state index in [2.05, 4.69) is 4.99 Å². The Hall–Kier alpha value is -2.70. The summed E-state index contributed by atoms with van der Waals surface area (Å²) < 4.78 is 121. The zero-order valence-electron chi connectivity index (χ0n) is 17.5. The fourth-order valence-electron chi connectivity index (χ4n) is 3.58. The standard InChI is InChI=1S/C19H13Cl2F9N6/c20-9-6-8(17(22,23)24)7-10(21)12(9)36-14(32)11-13(18(25,26)27)33-16(19(28,29)30)34-15(11)35(36)5-3-1-2-4-31/h6-7,15,32H,1-3,5H2,(H,33,34). The lowest BCUT2D eigenvalue weighted by molar-refractivity contribution is -0.137. The van der Waals surface area contributed by atoms with Crippen molar-refractivity contribution in [2.45, 2.75) is 44.0 Å². The molecule has 6 nitrogen and oxygen atoms in total. The van der Waals surface area contributed by atoms with Crippen LogP contribution in [-0.2, 0) is 6.18 Å². The molecule has 1 unspecified atom stereocenters. The summed E-state index contributed by atoms with van der Waals surface area (Å²) in [5, 5.41) is 18.2. The van der Waals surface area contributed by atoms with Gasteiger partial charge in [-0.05, 0) is 25.0 Å². The van der Waals surface area contributed by atoms with Crippen LogP contribution in [-0.4, -0.2) is 41.7 Å². The van der Waals surface area contributed by atoms with E-state index in [1.807, 2.05) is 6.07 Å². The smallest absolute Gasteiger partial charge is 0.332 e. The van der Waals surface area contributed by atoms with E-state index in [0.717, 1.165) is 5.01 Å². The molecule has 1 aromatic carbocycles. The van der Waals surface area contributed by atoms with Gasteiger partial charge in [-0.2, -0.15) is 49.8 Å². The van der Waals surface area contributed by atoms with Gasteiger partial charge < -0.3 is 5.32 Å². The van der Waals surface area contributed by atoms with Gasteiger partial charge in [0.25, 0.3) is 0 Å². The summed E-state index contributed by atoms with van der Waals surface area (Å²) in [5.41, 5.74) is -4.77. The van der Waals surface area contributed by atoms with Crippen LogP contribution >= 0.6 is 23.2 Å². The number of benzene rings is 1. The van der Waals surface area contributed by atoms with E-state index in [1.54, 1.807) is 0 Å². The summed E-state index contributed by atoms with van der Waals surface area (Å²) in [5.74, 6) is -3.03. The molecule has 0 amide bonds. The highest BCUT2D eigenvalue weighted by molar-refractivity contribution is 6.40. The minimum Gasteiger partial charge on any atom is -0.332 e. The van der Waals surface area contributed by atoms with Crippen LogP contribution in [0.3, 0.4) is 0 Å². The lowest BCUT2D eigenvalue weighted by Crippen LogP contribution is -2.48. The van der Waals surface area contributed by atoms with Gasteiger partial charge in [-0.1, -0.05) is 23.2 Å². The number of aliphatic imine (C=N–C) groups is 1. The van der Waals surface area contributed by atoms with Gasteiger partial charge in [0.2, 0.25) is 5.84 Å². The first-order valence-electron chi connectivity index (χ1n) is 9.80. The second-order valence-electron chi connectivity index (χ2n) is 7.49. The van der Waals surface area contributed by atoms with Crippen molar-refractivity contribution in [1.29, 1.82) is 10.7 Å². The normalized spacial score (nSPS) is 19.3. The summed E-state index contributed by atoms with van der Waals surface area (Å²) in [7, 11) is 0. The van der Waals surface area contributed by atoms with Crippen molar-refractivity contribution in [2.24, 2.45) is 4.99 Å². The van der Waals surface area contributed by atoms with Crippen LogP contribution in [0.15, 0.2) is 28.4 Å². The van der Waals surface area contributed by atoms with Crippen LogP contribution < -0.4 is 10.3 Å². The lowest BCUT2D eigenvalue weighted by Gasteiger charge is -2.33. The first-order valence-corrected chi connectivity index (χ1v) is 10.6. The predicted molar refractivity (Wildman–Crippen MR) is 111 cm³/mol. The van der Waals surface area contributed by atoms with Crippen LogP contribution in [0.1, 0.15) is 24.8 Å². The largest absolute Gasteiger partial charge is 0.449 e. The van der Waals surface area contributed by atoms with Crippen molar-refractivity contribution >= 4 is 40.6 Å². The number of fused-ring (bicyclic) bond motifs is 1. The fraction of sp³-hybridized carbons (Fsp3) is 0.421. The molecule has 0 spiro atoms. The third-order valence-electron chi connectivity index (χ3n) is 5.06. The number of alkyl halides is 9. The molecule has 0 saturated carbocycles. The van der Waals surface area contributed by atoms with Gasteiger partial charge in [0.15, 0.2) is 6.17 Å². The molecular weight excluding hydrogens is 554 g/mol. The Labute approximate surface area is 207 Å². The van der Waals surface area contributed by atoms with Crippen LogP contribution in [0.2, 0.25) is 10.0 Å². The van der Waals surface area contributed by atoms with Crippen molar-refractivity contribution in [2.75, 3.05) is 11.6 Å². The Morgan fingerprint density at radius 1 is 0.972 bits per heavy atom. The van der Waals surface area contributed by atoms with Crippen molar-refractivity contribution < 1.29 is 39.5 Å². The van der Waals surface area contributed by atoms with E-state index in [-0.39, 0.29) is 25.8 Å². The molecule has 0 radical (unpaired) electrons. The highest BCUT2D eigenvalue weighted by Crippen LogP contribution is 2.46. The van der Waals surface area contributed by atoms with E-state index >= 15 is 0 Å². The summed E-state index contributed by atoms with van der Waals surface area (Å²) in [6.07, 6.45) is -17.4. The number of unbranched alkanes of at least 4 members (excludes halogenated alkanes) is 2. The van der Waals surface area contributed by atoms with Crippen molar-refractivity contribution in [3.63, 3.8) is 0 Å². The number of amidine groups is 2. The van der Waals surface area contributed by atoms with Crippen LogP contribution in [0.25, 0.3) is 0 Å². The third-order valence-corrected chi connectivity index (χ3v) is 5.64. The summed E-state index contributed by atoms with van der Waals surface area (Å²) in [4.78, 5) is 3.34. The number of nitrogens with one attached hydrogen (secondary N) is 2. The number of allylic oxidation sites excluding steroid dienone is 1. The number of halogens is 11. The predicted octanol–water partition coefficient (Wildman–Crippen LogP) is 6.43. The first kappa shape index (κ1) is 27.9. The van der Waals surface area contributed by atoms with Gasteiger partial charge in [-0.15, -0.1) is 0 Å². The lowest BCUT2D eigenvalue weighted by atomic mass is 10.1. The van der Waals surface area contributed by atoms with Gasteiger partial charge in [0.05, 0.1) is 32.9 Å². The van der Waals surface area contributed by atoms with Crippen molar-refractivity contribution in [3.8, 4) is 6.07 Å². The number of nitriles is 1. The molecule has 36 heavy (non-hydrogen) atoms. The number of anilines is 1. The van der Waals surface area contributed by atoms with Crippen LogP contribution in [0, 0.1) is 16.7 Å². The molecule has 1 saturated heterocycles. The van der Waals surface area contributed by atoms with E-state index in [4.69, 9.17) is 33.9 Å². The maximum atomic E-state index is 13.8. The maximum Gasteiger partial charge on any atom is 0.449 e. The first-order chi connectivity index (χ1) is 16.5. The van der Waals surface area contributed by atoms with Crippen molar-refractivity contribution in [3.05, 3.63) is 39.0 Å². The molecule has 196 valence electrons. The number of hydrogen-bond acceptors (Lipinski definition) is 5. The van der Waals surface area contributed by atoms with Gasteiger partial charge in [-0.3, -0.25) is 10.4 Å². The van der Waals surface area contributed by atoms with Gasteiger partial charge >= 0.3 is 18.5 Å². The molecule has 2 heterocycles. The van der Waals surface area contributed by atoms with Crippen LogP contribution in [0.5, 0.6) is 0 Å². The molecule has 0 aromatic heterocycles. The summed E-state index contributed by atoms with van der Waals surface area (Å²) in [6, 6.07) is 2.67. The number of hydrazine groups is 1. The van der Waals surface area contributed by atoms with E-state index < -0.39 is 68.9 Å². The molecule has 17 heteroatoms. The molecule has 1 fully saturated rings. The van der Waals surface area contributed by atoms with Crippen molar-refractivity contribution in [1.82, 2.24) is 10.3 Å². The quantitative estimate of drug-likeness (QED) is 0.318. The second-order valence-corrected chi connectivity index (χ2v) is 8.30. The molecule has 0 aliphatic carbocycles. The van der Waals surface area contributed by atoms with Gasteiger partial charge in [0.1, 0.15) is 11.5 Å². The van der Waals surface area contributed by atoms with E-state index in [0.29, 0.717) is 17.1 Å². The Bertz CT molecular complexity index is 1140. The fourth-order valence-corrected chi connectivity index (χ4v) is 4.23. The Balaban J connectivity index is 2.23. The molecule has 2 aliphatic rings. The summed E-state index contributed by atoms with van der Waals surface area (Å²) in [6.45, 7) is -0.342. The molecule has 2 aliphatic heterocycles. The molecule has 1 atom stereocenters. The maximum absolute atomic E-state index is 13.8. The molecule has 1 aromatic rings. The second kappa shape index (κ2) is 9.64. The van der Waals surface area contributed by atoms with E-state index in [9.17, 15) is 39.5 Å².